The second kappa shape index (κ2) is 3.28. The fourth-order valence-electron chi connectivity index (χ4n) is 2.13. The van der Waals surface area contributed by atoms with E-state index in [0.29, 0.717) is 0 Å². The molecule has 0 aliphatic heterocycles. The SMILES string of the molecule is Cc1nc(CCC2(N)CC2)c2cnccn12. The Morgan fingerprint density at radius 2 is 2.31 bits per heavy atom. The molecule has 0 saturated heterocycles. The van der Waals surface area contributed by atoms with Crippen LogP contribution in [0.3, 0.4) is 0 Å². The van der Waals surface area contributed by atoms with Crippen molar-refractivity contribution in [3.8, 4) is 0 Å². The third kappa shape index (κ3) is 1.59. The highest BCUT2D eigenvalue weighted by Crippen LogP contribution is 2.36. The Bertz CT molecular complexity index is 525. The van der Waals surface area contributed by atoms with Crippen LogP contribution in [0, 0.1) is 6.92 Å². The molecule has 0 aromatic carbocycles. The lowest BCUT2D eigenvalue weighted by molar-refractivity contribution is 0.605. The highest BCUT2D eigenvalue weighted by molar-refractivity contribution is 5.51. The number of aromatic nitrogens is 3. The summed E-state index contributed by atoms with van der Waals surface area (Å²) in [5.74, 6) is 1.02. The summed E-state index contributed by atoms with van der Waals surface area (Å²) in [6.45, 7) is 2.02. The molecule has 1 aliphatic rings. The largest absolute Gasteiger partial charge is 0.325 e. The van der Waals surface area contributed by atoms with Gasteiger partial charge in [-0.25, -0.2) is 4.98 Å². The van der Waals surface area contributed by atoms with Gasteiger partial charge in [-0.1, -0.05) is 0 Å². The number of hydrogen-bond acceptors (Lipinski definition) is 3. The minimum atomic E-state index is 0.103. The van der Waals surface area contributed by atoms with E-state index in [1.165, 1.54) is 0 Å². The van der Waals surface area contributed by atoms with E-state index in [-0.39, 0.29) is 5.54 Å². The summed E-state index contributed by atoms with van der Waals surface area (Å²) >= 11 is 0. The van der Waals surface area contributed by atoms with Crippen molar-refractivity contribution in [2.75, 3.05) is 0 Å². The number of rotatable bonds is 3. The van der Waals surface area contributed by atoms with Crippen molar-refractivity contribution in [1.29, 1.82) is 0 Å². The van der Waals surface area contributed by atoms with Gasteiger partial charge >= 0.3 is 0 Å². The van der Waals surface area contributed by atoms with Gasteiger partial charge in [0.25, 0.3) is 0 Å². The summed E-state index contributed by atoms with van der Waals surface area (Å²) in [7, 11) is 0. The third-order valence-corrected chi connectivity index (χ3v) is 3.45. The van der Waals surface area contributed by atoms with Crippen molar-refractivity contribution >= 4 is 5.52 Å². The Balaban J connectivity index is 1.91. The van der Waals surface area contributed by atoms with Gasteiger partial charge in [-0.15, -0.1) is 0 Å². The predicted octanol–water partition coefficient (Wildman–Crippen LogP) is 1.46. The zero-order chi connectivity index (χ0) is 11.2. The second-order valence-electron chi connectivity index (χ2n) is 4.80. The van der Waals surface area contributed by atoms with Crippen LogP contribution >= 0.6 is 0 Å². The van der Waals surface area contributed by atoms with Crippen LogP contribution in [-0.2, 0) is 6.42 Å². The first-order chi connectivity index (χ1) is 7.68. The minimum absolute atomic E-state index is 0.103. The van der Waals surface area contributed by atoms with Crippen LogP contribution in [-0.4, -0.2) is 19.9 Å². The Labute approximate surface area is 94.5 Å². The lowest BCUT2D eigenvalue weighted by atomic mass is 10.1. The standard InChI is InChI=1S/C12H16N4/c1-9-15-10(2-3-12(13)4-5-12)11-8-14-6-7-16(9)11/h6-8H,2-5,13H2,1H3. The quantitative estimate of drug-likeness (QED) is 0.845. The molecule has 3 rings (SSSR count). The molecule has 16 heavy (non-hydrogen) atoms. The van der Waals surface area contributed by atoms with Gasteiger partial charge in [-0.3, -0.25) is 4.98 Å². The second-order valence-corrected chi connectivity index (χ2v) is 4.80. The topological polar surface area (TPSA) is 56.2 Å². The van der Waals surface area contributed by atoms with Crippen LogP contribution in [0.1, 0.15) is 30.8 Å². The van der Waals surface area contributed by atoms with E-state index >= 15 is 0 Å². The van der Waals surface area contributed by atoms with E-state index in [9.17, 15) is 0 Å². The number of aryl methyl sites for hydroxylation is 2. The van der Waals surface area contributed by atoms with Gasteiger partial charge in [0.05, 0.1) is 17.4 Å². The Morgan fingerprint density at radius 3 is 3.06 bits per heavy atom. The zero-order valence-electron chi connectivity index (χ0n) is 9.48. The highest BCUT2D eigenvalue weighted by Gasteiger charge is 2.37. The van der Waals surface area contributed by atoms with E-state index in [0.717, 1.165) is 42.7 Å². The van der Waals surface area contributed by atoms with E-state index in [1.807, 2.05) is 19.3 Å². The van der Waals surface area contributed by atoms with Crippen molar-refractivity contribution in [1.82, 2.24) is 14.4 Å². The van der Waals surface area contributed by atoms with Crippen LogP contribution in [0.5, 0.6) is 0 Å². The van der Waals surface area contributed by atoms with E-state index in [1.54, 1.807) is 6.20 Å². The average molecular weight is 216 g/mol. The molecular formula is C12H16N4. The van der Waals surface area contributed by atoms with Crippen LogP contribution in [0.4, 0.5) is 0 Å². The monoisotopic (exact) mass is 216 g/mol. The molecule has 1 aliphatic carbocycles. The van der Waals surface area contributed by atoms with Gasteiger partial charge in [0, 0.05) is 17.9 Å². The molecule has 4 nitrogen and oxygen atoms in total. The fraction of sp³-hybridized carbons (Fsp3) is 0.500. The number of fused-ring (bicyclic) bond motifs is 1. The summed E-state index contributed by atoms with van der Waals surface area (Å²) in [5.41, 5.74) is 8.44. The summed E-state index contributed by atoms with van der Waals surface area (Å²) in [6.07, 6.45) is 9.94. The van der Waals surface area contributed by atoms with Gasteiger partial charge in [0.1, 0.15) is 5.82 Å². The van der Waals surface area contributed by atoms with Crippen molar-refractivity contribution < 1.29 is 0 Å². The van der Waals surface area contributed by atoms with Gasteiger partial charge in [0.2, 0.25) is 0 Å². The van der Waals surface area contributed by atoms with Crippen LogP contribution in [0.2, 0.25) is 0 Å². The first-order valence-corrected chi connectivity index (χ1v) is 5.74. The van der Waals surface area contributed by atoms with Crippen molar-refractivity contribution in [3.05, 3.63) is 30.1 Å². The van der Waals surface area contributed by atoms with Crippen LogP contribution in [0.15, 0.2) is 18.6 Å². The summed E-state index contributed by atoms with van der Waals surface area (Å²) in [5, 5.41) is 0. The Kier molecular flexibility index (Phi) is 2.01. The lowest BCUT2D eigenvalue weighted by Crippen LogP contribution is -2.22. The molecule has 2 aromatic rings. The zero-order valence-corrected chi connectivity index (χ0v) is 9.48. The summed E-state index contributed by atoms with van der Waals surface area (Å²) < 4.78 is 2.08. The van der Waals surface area contributed by atoms with Crippen molar-refractivity contribution in [3.63, 3.8) is 0 Å². The maximum Gasteiger partial charge on any atom is 0.110 e. The smallest absolute Gasteiger partial charge is 0.110 e. The molecule has 2 N–H and O–H groups in total. The van der Waals surface area contributed by atoms with Gasteiger partial charge in [-0.2, -0.15) is 0 Å². The lowest BCUT2D eigenvalue weighted by Gasteiger charge is -2.05. The molecule has 0 unspecified atom stereocenters. The van der Waals surface area contributed by atoms with E-state index in [4.69, 9.17) is 5.73 Å². The molecule has 1 saturated carbocycles. The van der Waals surface area contributed by atoms with E-state index < -0.39 is 0 Å². The van der Waals surface area contributed by atoms with Gasteiger partial charge in [-0.05, 0) is 32.6 Å². The summed E-state index contributed by atoms with van der Waals surface area (Å²) in [4.78, 5) is 8.74. The molecule has 1 fully saturated rings. The van der Waals surface area contributed by atoms with Crippen LogP contribution < -0.4 is 5.73 Å². The first kappa shape index (κ1) is 9.78. The number of hydrogen-bond donors (Lipinski definition) is 1. The number of imidazole rings is 1. The van der Waals surface area contributed by atoms with Crippen molar-refractivity contribution in [2.24, 2.45) is 5.73 Å². The average Bonchev–Trinajstić information content (AvgIpc) is 2.94. The van der Waals surface area contributed by atoms with Crippen molar-refractivity contribution in [2.45, 2.75) is 38.1 Å². The molecule has 0 amide bonds. The number of nitrogens with two attached hydrogens (primary N) is 1. The molecule has 2 aromatic heterocycles. The first-order valence-electron chi connectivity index (χ1n) is 5.74. The molecule has 2 heterocycles. The summed E-state index contributed by atoms with van der Waals surface area (Å²) in [6, 6.07) is 0. The molecule has 0 atom stereocenters. The highest BCUT2D eigenvalue weighted by atomic mass is 15.0. The maximum atomic E-state index is 6.10. The molecule has 4 heteroatoms. The Hall–Kier alpha value is -1.42. The molecule has 0 radical (unpaired) electrons. The number of nitrogens with zero attached hydrogens (tertiary/aromatic N) is 3. The van der Waals surface area contributed by atoms with Crippen LogP contribution in [0.25, 0.3) is 5.52 Å². The normalized spacial score (nSPS) is 17.9. The fourth-order valence-corrected chi connectivity index (χ4v) is 2.13. The molecule has 0 spiro atoms. The molecule has 84 valence electrons. The molecule has 0 bridgehead atoms. The third-order valence-electron chi connectivity index (χ3n) is 3.45. The van der Waals surface area contributed by atoms with Gasteiger partial charge < -0.3 is 10.1 Å². The minimum Gasteiger partial charge on any atom is -0.325 e. The van der Waals surface area contributed by atoms with Gasteiger partial charge in [0.15, 0.2) is 0 Å². The maximum absolute atomic E-state index is 6.10. The van der Waals surface area contributed by atoms with E-state index in [2.05, 4.69) is 14.4 Å². The Morgan fingerprint density at radius 1 is 1.50 bits per heavy atom. The molecular weight excluding hydrogens is 200 g/mol. The predicted molar refractivity (Wildman–Crippen MR) is 62.2 cm³/mol.